The zero-order chi connectivity index (χ0) is 28.4. The van der Waals surface area contributed by atoms with Crippen molar-refractivity contribution < 1.29 is 14.7 Å². The third kappa shape index (κ3) is 5.06. The molecule has 3 aromatic carbocycles. The molecule has 5 rings (SSSR count). The quantitative estimate of drug-likeness (QED) is 0.118. The first-order valence-corrected chi connectivity index (χ1v) is 12.8. The minimum atomic E-state index is -1.04. The van der Waals surface area contributed by atoms with E-state index in [1.165, 1.54) is 6.33 Å². The van der Waals surface area contributed by atoms with Gasteiger partial charge in [0, 0.05) is 34.1 Å². The van der Waals surface area contributed by atoms with Crippen LogP contribution in [0.15, 0.2) is 67.1 Å². The van der Waals surface area contributed by atoms with Gasteiger partial charge in [-0.25, -0.2) is 9.78 Å². The Bertz CT molecular complexity index is 1740. The lowest BCUT2D eigenvalue weighted by Gasteiger charge is -2.21. The van der Waals surface area contributed by atoms with Gasteiger partial charge in [-0.05, 0) is 59.9 Å². The van der Waals surface area contributed by atoms with Crippen molar-refractivity contribution in [3.63, 3.8) is 0 Å². The van der Waals surface area contributed by atoms with Crippen LogP contribution in [-0.4, -0.2) is 43.0 Å². The van der Waals surface area contributed by atoms with Crippen LogP contribution in [0.25, 0.3) is 22.0 Å². The van der Waals surface area contributed by atoms with E-state index in [9.17, 15) is 14.7 Å². The van der Waals surface area contributed by atoms with Gasteiger partial charge in [0.2, 0.25) is 0 Å². The summed E-state index contributed by atoms with van der Waals surface area (Å²) < 4.78 is 0. The smallest absolute Gasteiger partial charge is 0.336 e. The predicted molar refractivity (Wildman–Crippen MR) is 153 cm³/mol. The summed E-state index contributed by atoms with van der Waals surface area (Å²) >= 11 is 0. The molecular formula is C30H29N7O3. The van der Waals surface area contributed by atoms with Gasteiger partial charge in [-0.15, -0.1) is 0 Å². The van der Waals surface area contributed by atoms with Crippen LogP contribution >= 0.6 is 0 Å². The summed E-state index contributed by atoms with van der Waals surface area (Å²) in [4.78, 5) is 32.8. The number of carboxylic acids is 1. The van der Waals surface area contributed by atoms with E-state index in [-0.39, 0.29) is 29.8 Å². The number of nitrogens with one attached hydrogen (secondary N) is 4. The zero-order valence-electron chi connectivity index (χ0n) is 22.1. The van der Waals surface area contributed by atoms with Crippen molar-refractivity contribution >= 4 is 28.6 Å². The number of nitrogens with zero attached hydrogens (tertiary/aromatic N) is 2. The monoisotopic (exact) mass is 535 g/mol. The van der Waals surface area contributed by atoms with Crippen molar-refractivity contribution in [1.82, 2.24) is 25.5 Å². The Morgan fingerprint density at radius 2 is 1.85 bits per heavy atom. The molecule has 0 saturated heterocycles. The van der Waals surface area contributed by atoms with E-state index >= 15 is 0 Å². The van der Waals surface area contributed by atoms with Crippen molar-refractivity contribution in [2.75, 3.05) is 0 Å². The molecule has 1 atom stereocenters. The lowest BCUT2D eigenvalue weighted by atomic mass is 9.82. The van der Waals surface area contributed by atoms with Crippen LogP contribution < -0.4 is 11.1 Å². The molecule has 0 bridgehead atoms. The number of aromatic nitrogens is 4. The second-order valence-electron chi connectivity index (χ2n) is 9.63. The van der Waals surface area contributed by atoms with E-state index in [4.69, 9.17) is 11.1 Å². The maximum Gasteiger partial charge on any atom is 0.336 e. The highest BCUT2D eigenvalue weighted by Gasteiger charge is 2.24. The molecule has 0 aliphatic heterocycles. The number of carbonyl (C=O) groups excluding carboxylic acids is 1. The summed E-state index contributed by atoms with van der Waals surface area (Å²) in [5.74, 6) is -1.03. The van der Waals surface area contributed by atoms with Gasteiger partial charge in [-0.2, -0.15) is 5.10 Å². The van der Waals surface area contributed by atoms with Gasteiger partial charge in [0.15, 0.2) is 5.82 Å². The molecule has 1 amide bonds. The summed E-state index contributed by atoms with van der Waals surface area (Å²) in [7, 11) is 0. The highest BCUT2D eigenvalue weighted by molar-refractivity contribution is 6.01. The number of nitrogens with two attached hydrogens (primary N) is 1. The number of H-pyrrole nitrogens is 2. The van der Waals surface area contributed by atoms with E-state index in [2.05, 4.69) is 32.4 Å². The molecule has 0 spiro atoms. The van der Waals surface area contributed by atoms with E-state index in [1.54, 1.807) is 24.3 Å². The SMILES string of the molecule is CCC(c1ccc(C(=O)NCc2nc[nH]n2)cc1-c1ccc(C)cc1C(=O)O)c1c[nH]c2cc(C(=N)N)ccc12. The number of carboxylic acid groups (broad SMARTS) is 1. The van der Waals surface area contributed by atoms with Crippen molar-refractivity contribution in [1.29, 1.82) is 5.41 Å². The summed E-state index contributed by atoms with van der Waals surface area (Å²) in [5, 5.41) is 28.2. The molecule has 0 fully saturated rings. The normalized spacial score (nSPS) is 11.8. The fourth-order valence-corrected chi connectivity index (χ4v) is 5.10. The minimum Gasteiger partial charge on any atom is -0.478 e. The first-order valence-electron chi connectivity index (χ1n) is 12.8. The molecule has 0 radical (unpaired) electrons. The molecule has 0 saturated carbocycles. The van der Waals surface area contributed by atoms with E-state index in [0.29, 0.717) is 28.1 Å². The van der Waals surface area contributed by atoms with E-state index in [0.717, 1.165) is 34.0 Å². The van der Waals surface area contributed by atoms with Gasteiger partial charge in [-0.1, -0.05) is 42.8 Å². The zero-order valence-corrected chi connectivity index (χ0v) is 22.1. The number of nitrogen functional groups attached to an aromatic ring is 1. The highest BCUT2D eigenvalue weighted by atomic mass is 16.4. The van der Waals surface area contributed by atoms with Crippen molar-refractivity contribution in [3.8, 4) is 11.1 Å². The number of benzene rings is 3. The average Bonchev–Trinajstić information content (AvgIpc) is 3.62. The highest BCUT2D eigenvalue weighted by Crippen LogP contribution is 2.40. The third-order valence-electron chi connectivity index (χ3n) is 7.07. The van der Waals surface area contributed by atoms with Gasteiger partial charge in [0.25, 0.3) is 5.91 Å². The lowest BCUT2D eigenvalue weighted by Crippen LogP contribution is -2.23. The number of hydrogen-bond acceptors (Lipinski definition) is 5. The number of aryl methyl sites for hydroxylation is 1. The fourth-order valence-electron chi connectivity index (χ4n) is 5.10. The molecule has 2 heterocycles. The maximum atomic E-state index is 13.1. The van der Waals surface area contributed by atoms with Gasteiger partial charge in [-0.3, -0.25) is 15.3 Å². The minimum absolute atomic E-state index is 0.00937. The Hall–Kier alpha value is -5.25. The molecule has 202 valence electrons. The Labute approximate surface area is 230 Å². The first-order chi connectivity index (χ1) is 19.3. The van der Waals surface area contributed by atoms with Gasteiger partial charge in [0.1, 0.15) is 12.2 Å². The maximum absolute atomic E-state index is 13.1. The van der Waals surface area contributed by atoms with Crippen molar-refractivity contribution in [3.05, 3.63) is 106 Å². The van der Waals surface area contributed by atoms with Crippen LogP contribution in [0.1, 0.15) is 68.1 Å². The molecule has 10 nitrogen and oxygen atoms in total. The van der Waals surface area contributed by atoms with E-state index in [1.807, 2.05) is 43.5 Å². The Balaban J connectivity index is 1.64. The molecule has 1 unspecified atom stereocenters. The molecule has 0 aliphatic rings. The predicted octanol–water partition coefficient (Wildman–Crippen LogP) is 4.72. The summed E-state index contributed by atoms with van der Waals surface area (Å²) in [6, 6.07) is 16.3. The number of hydrogen-bond donors (Lipinski definition) is 6. The molecule has 0 aliphatic carbocycles. The number of amides is 1. The topological polar surface area (TPSA) is 174 Å². The summed E-state index contributed by atoms with van der Waals surface area (Å²) in [6.45, 7) is 4.07. The molecule has 40 heavy (non-hydrogen) atoms. The molecule has 10 heteroatoms. The van der Waals surface area contributed by atoms with Crippen molar-refractivity contribution in [2.45, 2.75) is 32.7 Å². The molecule has 7 N–H and O–H groups in total. The Morgan fingerprint density at radius 3 is 2.55 bits per heavy atom. The van der Waals surface area contributed by atoms with Crippen LogP contribution in [-0.2, 0) is 6.54 Å². The van der Waals surface area contributed by atoms with E-state index < -0.39 is 5.97 Å². The van der Waals surface area contributed by atoms with Crippen LogP contribution in [0.3, 0.4) is 0 Å². The number of rotatable bonds is 9. The first kappa shape index (κ1) is 26.4. The standard InChI is InChI=1S/C30H29N7O3/c1-3-19(25-13-33-26-12-17(28(31)32)5-9-22(25)26)20-8-6-18(29(38)34-14-27-35-15-36-37-27)11-23(20)21-7-4-16(2)10-24(21)30(39)40/h4-13,15,19,33H,3,14H2,1-2H3,(H3,31,32)(H,34,38)(H,39,40)(H,35,36,37). The number of carbonyl (C=O) groups is 2. The van der Waals surface area contributed by atoms with Gasteiger partial charge >= 0.3 is 5.97 Å². The average molecular weight is 536 g/mol. The Morgan fingerprint density at radius 1 is 1.05 bits per heavy atom. The van der Waals surface area contributed by atoms with Gasteiger partial charge < -0.3 is 21.1 Å². The number of aromatic amines is 2. The lowest BCUT2D eigenvalue weighted by molar-refractivity contribution is 0.0697. The van der Waals surface area contributed by atoms with Crippen LogP contribution in [0.2, 0.25) is 0 Å². The fraction of sp³-hybridized carbons (Fsp3) is 0.167. The second-order valence-corrected chi connectivity index (χ2v) is 9.63. The second kappa shape index (κ2) is 10.9. The number of amidine groups is 1. The summed E-state index contributed by atoms with van der Waals surface area (Å²) in [6.07, 6.45) is 4.10. The largest absolute Gasteiger partial charge is 0.478 e. The summed E-state index contributed by atoms with van der Waals surface area (Å²) in [5.41, 5.74) is 11.7. The third-order valence-corrected chi connectivity index (χ3v) is 7.07. The van der Waals surface area contributed by atoms with Crippen molar-refractivity contribution in [2.24, 2.45) is 5.73 Å². The Kier molecular flexibility index (Phi) is 7.15. The van der Waals surface area contributed by atoms with Crippen LogP contribution in [0.4, 0.5) is 0 Å². The number of aromatic carboxylic acids is 1. The van der Waals surface area contributed by atoms with Crippen LogP contribution in [0.5, 0.6) is 0 Å². The molecule has 5 aromatic rings. The molecular weight excluding hydrogens is 506 g/mol. The number of fused-ring (bicyclic) bond motifs is 1. The van der Waals surface area contributed by atoms with Gasteiger partial charge in [0.05, 0.1) is 12.1 Å². The van der Waals surface area contributed by atoms with Crippen LogP contribution in [0, 0.1) is 12.3 Å². The molecule has 2 aromatic heterocycles.